The molecule has 1 aromatic heterocycles. The van der Waals surface area contributed by atoms with E-state index in [1.165, 1.54) is 25.0 Å². The summed E-state index contributed by atoms with van der Waals surface area (Å²) in [6.45, 7) is 6.74. The van der Waals surface area contributed by atoms with Gasteiger partial charge >= 0.3 is 0 Å². The van der Waals surface area contributed by atoms with E-state index >= 15 is 0 Å². The fraction of sp³-hybridized carbons (Fsp3) is 0.786. The monoisotopic (exact) mass is 235 g/mol. The standard InChI is InChI=1S/C14H25N3/c1-11(2)17-8-6-13(16-17)10-14(3)7-5-12(9-14)15-4/h6,8,11-12,15H,5,7,9-10H2,1-4H3. The summed E-state index contributed by atoms with van der Waals surface area (Å²) in [5.74, 6) is 0. The molecule has 1 aliphatic rings. The van der Waals surface area contributed by atoms with Crippen LogP contribution in [0.15, 0.2) is 12.3 Å². The van der Waals surface area contributed by atoms with Crippen molar-refractivity contribution in [1.29, 1.82) is 0 Å². The summed E-state index contributed by atoms with van der Waals surface area (Å²) in [7, 11) is 2.07. The van der Waals surface area contributed by atoms with Crippen LogP contribution in [0, 0.1) is 5.41 Å². The number of hydrogen-bond donors (Lipinski definition) is 1. The molecule has 1 aromatic rings. The van der Waals surface area contributed by atoms with E-state index in [0.717, 1.165) is 6.42 Å². The van der Waals surface area contributed by atoms with Crippen LogP contribution in [-0.2, 0) is 6.42 Å². The lowest BCUT2D eigenvalue weighted by atomic mass is 9.83. The van der Waals surface area contributed by atoms with E-state index in [1.807, 2.05) is 0 Å². The van der Waals surface area contributed by atoms with Gasteiger partial charge in [0.15, 0.2) is 0 Å². The summed E-state index contributed by atoms with van der Waals surface area (Å²) in [6.07, 6.45) is 7.11. The Morgan fingerprint density at radius 3 is 2.88 bits per heavy atom. The van der Waals surface area contributed by atoms with Gasteiger partial charge in [-0.05, 0) is 58.1 Å². The third-order valence-electron chi connectivity index (χ3n) is 4.04. The van der Waals surface area contributed by atoms with Crippen molar-refractivity contribution in [2.24, 2.45) is 5.41 Å². The van der Waals surface area contributed by atoms with E-state index in [-0.39, 0.29) is 0 Å². The summed E-state index contributed by atoms with van der Waals surface area (Å²) >= 11 is 0. The highest BCUT2D eigenvalue weighted by Gasteiger charge is 2.34. The quantitative estimate of drug-likeness (QED) is 0.869. The average Bonchev–Trinajstić information content (AvgIpc) is 2.86. The van der Waals surface area contributed by atoms with Crippen LogP contribution >= 0.6 is 0 Å². The van der Waals surface area contributed by atoms with Gasteiger partial charge < -0.3 is 5.32 Å². The Hall–Kier alpha value is -0.830. The second-order valence-electron chi connectivity index (χ2n) is 6.10. The Kier molecular flexibility index (Phi) is 3.57. The maximum absolute atomic E-state index is 4.67. The molecule has 0 radical (unpaired) electrons. The molecule has 0 aliphatic heterocycles. The van der Waals surface area contributed by atoms with E-state index in [0.29, 0.717) is 17.5 Å². The van der Waals surface area contributed by atoms with E-state index < -0.39 is 0 Å². The molecule has 2 atom stereocenters. The Morgan fingerprint density at radius 1 is 1.59 bits per heavy atom. The van der Waals surface area contributed by atoms with Gasteiger partial charge in [-0.1, -0.05) is 6.92 Å². The van der Waals surface area contributed by atoms with Crippen LogP contribution < -0.4 is 5.32 Å². The zero-order valence-electron chi connectivity index (χ0n) is 11.5. The summed E-state index contributed by atoms with van der Waals surface area (Å²) in [4.78, 5) is 0. The predicted molar refractivity (Wildman–Crippen MR) is 71.1 cm³/mol. The first kappa shape index (κ1) is 12.6. The molecule has 1 aliphatic carbocycles. The highest BCUT2D eigenvalue weighted by molar-refractivity contribution is 5.05. The van der Waals surface area contributed by atoms with Crippen LogP contribution in [0.2, 0.25) is 0 Å². The number of hydrogen-bond acceptors (Lipinski definition) is 2. The SMILES string of the molecule is CNC1CCC(C)(Cc2ccn(C(C)C)n2)C1. The van der Waals surface area contributed by atoms with Gasteiger partial charge in [0, 0.05) is 18.3 Å². The highest BCUT2D eigenvalue weighted by atomic mass is 15.3. The molecule has 0 saturated heterocycles. The van der Waals surface area contributed by atoms with Crippen LogP contribution in [0.25, 0.3) is 0 Å². The third-order valence-corrected chi connectivity index (χ3v) is 4.04. The molecule has 0 amide bonds. The molecule has 3 nitrogen and oxygen atoms in total. The number of nitrogens with zero attached hydrogens (tertiary/aromatic N) is 2. The molecule has 1 saturated carbocycles. The van der Waals surface area contributed by atoms with Crippen LogP contribution in [0.4, 0.5) is 0 Å². The van der Waals surface area contributed by atoms with Gasteiger partial charge in [-0.15, -0.1) is 0 Å². The van der Waals surface area contributed by atoms with Gasteiger partial charge in [-0.2, -0.15) is 5.10 Å². The van der Waals surface area contributed by atoms with Gasteiger partial charge in [0.25, 0.3) is 0 Å². The summed E-state index contributed by atoms with van der Waals surface area (Å²) in [5.41, 5.74) is 1.68. The number of nitrogens with one attached hydrogen (secondary N) is 1. The summed E-state index contributed by atoms with van der Waals surface area (Å²) in [6, 6.07) is 3.34. The van der Waals surface area contributed by atoms with Crippen molar-refractivity contribution in [2.45, 2.75) is 58.5 Å². The lowest BCUT2D eigenvalue weighted by Gasteiger charge is -2.23. The van der Waals surface area contributed by atoms with E-state index in [1.54, 1.807) is 0 Å². The smallest absolute Gasteiger partial charge is 0.0630 e. The Labute approximate surface area is 105 Å². The second-order valence-corrected chi connectivity index (χ2v) is 6.10. The zero-order valence-corrected chi connectivity index (χ0v) is 11.5. The van der Waals surface area contributed by atoms with Crippen LogP contribution in [-0.4, -0.2) is 22.9 Å². The van der Waals surface area contributed by atoms with Crippen molar-refractivity contribution >= 4 is 0 Å². The molecule has 0 spiro atoms. The highest BCUT2D eigenvalue weighted by Crippen LogP contribution is 2.40. The lowest BCUT2D eigenvalue weighted by Crippen LogP contribution is -2.24. The Bertz CT molecular complexity index is 369. The van der Waals surface area contributed by atoms with Crippen LogP contribution in [0.5, 0.6) is 0 Å². The Morgan fingerprint density at radius 2 is 2.35 bits per heavy atom. The maximum Gasteiger partial charge on any atom is 0.0630 e. The van der Waals surface area contributed by atoms with E-state index in [9.17, 15) is 0 Å². The van der Waals surface area contributed by atoms with E-state index in [4.69, 9.17) is 0 Å². The lowest BCUT2D eigenvalue weighted by molar-refractivity contribution is 0.319. The van der Waals surface area contributed by atoms with Crippen LogP contribution in [0.1, 0.15) is 51.8 Å². The molecule has 3 heteroatoms. The molecular formula is C14H25N3. The summed E-state index contributed by atoms with van der Waals surface area (Å²) in [5, 5.41) is 8.07. The van der Waals surface area contributed by atoms with Gasteiger partial charge in [0.05, 0.1) is 5.69 Å². The zero-order chi connectivity index (χ0) is 12.5. The minimum Gasteiger partial charge on any atom is -0.317 e. The molecule has 2 rings (SSSR count). The minimum atomic E-state index is 0.434. The molecule has 17 heavy (non-hydrogen) atoms. The Balaban J connectivity index is 2.00. The maximum atomic E-state index is 4.67. The molecule has 0 bridgehead atoms. The molecule has 96 valence electrons. The van der Waals surface area contributed by atoms with Crippen molar-refractivity contribution in [3.8, 4) is 0 Å². The first-order valence-electron chi connectivity index (χ1n) is 6.74. The van der Waals surface area contributed by atoms with Crippen molar-refractivity contribution in [2.75, 3.05) is 7.05 Å². The predicted octanol–water partition coefficient (Wildman–Crippen LogP) is 2.78. The third kappa shape index (κ3) is 2.89. The van der Waals surface area contributed by atoms with Gasteiger partial charge in [0.2, 0.25) is 0 Å². The topological polar surface area (TPSA) is 29.9 Å². The van der Waals surface area contributed by atoms with Crippen molar-refractivity contribution in [3.63, 3.8) is 0 Å². The van der Waals surface area contributed by atoms with Crippen molar-refractivity contribution in [3.05, 3.63) is 18.0 Å². The number of aromatic nitrogens is 2. The first-order chi connectivity index (χ1) is 8.02. The molecule has 2 unspecified atom stereocenters. The number of rotatable bonds is 4. The van der Waals surface area contributed by atoms with Crippen molar-refractivity contribution < 1.29 is 0 Å². The largest absolute Gasteiger partial charge is 0.317 e. The molecular weight excluding hydrogens is 210 g/mol. The normalized spacial score (nSPS) is 29.1. The first-order valence-corrected chi connectivity index (χ1v) is 6.74. The molecule has 1 fully saturated rings. The molecule has 0 aromatic carbocycles. The van der Waals surface area contributed by atoms with Gasteiger partial charge in [0.1, 0.15) is 0 Å². The fourth-order valence-electron chi connectivity index (χ4n) is 2.93. The molecule has 1 heterocycles. The molecule has 1 N–H and O–H groups in total. The van der Waals surface area contributed by atoms with E-state index in [2.05, 4.69) is 55.2 Å². The van der Waals surface area contributed by atoms with Crippen molar-refractivity contribution in [1.82, 2.24) is 15.1 Å². The average molecular weight is 235 g/mol. The van der Waals surface area contributed by atoms with Gasteiger partial charge in [-0.25, -0.2) is 0 Å². The fourth-order valence-corrected chi connectivity index (χ4v) is 2.93. The second kappa shape index (κ2) is 4.81. The minimum absolute atomic E-state index is 0.434. The van der Waals surface area contributed by atoms with Gasteiger partial charge in [-0.3, -0.25) is 4.68 Å². The summed E-state index contributed by atoms with van der Waals surface area (Å²) < 4.78 is 2.06. The van der Waals surface area contributed by atoms with Crippen LogP contribution in [0.3, 0.4) is 0 Å².